The number of rotatable bonds is 4. The summed E-state index contributed by atoms with van der Waals surface area (Å²) >= 11 is 0. The fourth-order valence-electron chi connectivity index (χ4n) is 3.20. The number of amides is 1. The van der Waals surface area contributed by atoms with Crippen LogP contribution in [0.4, 0.5) is 24.5 Å². The number of halogens is 3. The van der Waals surface area contributed by atoms with Gasteiger partial charge in [-0.05, 0) is 43.2 Å². The fourth-order valence-corrected chi connectivity index (χ4v) is 3.94. The zero-order valence-electron chi connectivity index (χ0n) is 14.8. The second-order valence-corrected chi connectivity index (χ2v) is 8.02. The highest BCUT2D eigenvalue weighted by atomic mass is 32.2. The van der Waals surface area contributed by atoms with Gasteiger partial charge >= 0.3 is 6.18 Å². The van der Waals surface area contributed by atoms with E-state index in [0.29, 0.717) is 19.0 Å². The van der Waals surface area contributed by atoms with E-state index in [4.69, 9.17) is 5.14 Å². The predicted octanol–water partition coefficient (Wildman–Crippen LogP) is 2.74. The molecule has 0 spiro atoms. The summed E-state index contributed by atoms with van der Waals surface area (Å²) in [5, 5.41) is 7.59. The van der Waals surface area contributed by atoms with Crippen molar-refractivity contribution in [3.8, 4) is 0 Å². The summed E-state index contributed by atoms with van der Waals surface area (Å²) in [5.74, 6) is -0.297. The first-order valence-electron chi connectivity index (χ1n) is 8.38. The van der Waals surface area contributed by atoms with E-state index >= 15 is 0 Å². The first kappa shape index (κ1) is 20.2. The molecule has 1 aliphatic rings. The lowest BCUT2D eigenvalue weighted by atomic mass is 10.1. The summed E-state index contributed by atoms with van der Waals surface area (Å²) in [6, 6.07) is 9.16. The number of carbonyl (C=O) groups excluding carboxylic acids is 1. The highest BCUT2D eigenvalue weighted by Gasteiger charge is 2.37. The molecule has 28 heavy (non-hydrogen) atoms. The van der Waals surface area contributed by atoms with Crippen LogP contribution < -0.4 is 15.4 Å². The molecule has 150 valence electrons. The van der Waals surface area contributed by atoms with Crippen LogP contribution in [0.2, 0.25) is 0 Å². The van der Waals surface area contributed by atoms with Crippen LogP contribution in [0.5, 0.6) is 0 Å². The summed E-state index contributed by atoms with van der Waals surface area (Å²) < 4.78 is 62.6. The number of fused-ring (bicyclic) bond motifs is 1. The Balaban J connectivity index is 1.85. The molecule has 6 nitrogen and oxygen atoms in total. The summed E-state index contributed by atoms with van der Waals surface area (Å²) in [5.41, 5.74) is 0.390. The third-order valence-corrected chi connectivity index (χ3v) is 5.47. The highest BCUT2D eigenvalue weighted by Crippen LogP contribution is 2.36. The molecular weight excluding hydrogens is 395 g/mol. The lowest BCUT2D eigenvalue weighted by Gasteiger charge is -2.23. The molecule has 3 N–H and O–H groups in total. The molecule has 0 saturated heterocycles. The minimum atomic E-state index is -4.92. The molecule has 10 heteroatoms. The van der Waals surface area contributed by atoms with E-state index in [1.165, 1.54) is 6.92 Å². The Labute approximate surface area is 160 Å². The lowest BCUT2D eigenvalue weighted by Crippen LogP contribution is -2.40. The maximum Gasteiger partial charge on any atom is 0.417 e. The number of carbonyl (C=O) groups is 1. The van der Waals surface area contributed by atoms with Gasteiger partial charge in [0, 0.05) is 17.9 Å². The van der Waals surface area contributed by atoms with Gasteiger partial charge in [-0.25, -0.2) is 13.6 Å². The Morgan fingerprint density at radius 1 is 1.21 bits per heavy atom. The van der Waals surface area contributed by atoms with Gasteiger partial charge in [0.25, 0.3) is 0 Å². The van der Waals surface area contributed by atoms with Crippen LogP contribution in [0.3, 0.4) is 0 Å². The number of nitrogens with two attached hydrogens (primary N) is 1. The number of hydrogen-bond donors (Lipinski definition) is 2. The third-order valence-electron chi connectivity index (χ3n) is 4.50. The Morgan fingerprint density at radius 3 is 2.54 bits per heavy atom. The van der Waals surface area contributed by atoms with Crippen LogP contribution >= 0.6 is 0 Å². The van der Waals surface area contributed by atoms with E-state index in [1.807, 2.05) is 24.3 Å². The van der Waals surface area contributed by atoms with Crippen molar-refractivity contribution in [2.75, 3.05) is 16.8 Å². The Morgan fingerprint density at radius 2 is 1.89 bits per heavy atom. The molecule has 1 amide bonds. The number of nitrogens with one attached hydrogen (secondary N) is 1. The molecule has 3 rings (SSSR count). The first-order valence-corrected chi connectivity index (χ1v) is 9.93. The summed E-state index contributed by atoms with van der Waals surface area (Å²) in [7, 11) is -4.55. The van der Waals surface area contributed by atoms with Gasteiger partial charge in [-0.3, -0.25) is 4.79 Å². The fraction of sp³-hybridized carbons (Fsp3) is 0.278. The van der Waals surface area contributed by atoms with Crippen molar-refractivity contribution in [1.29, 1.82) is 0 Å². The van der Waals surface area contributed by atoms with Crippen molar-refractivity contribution in [1.82, 2.24) is 0 Å². The number of sulfonamides is 1. The molecule has 0 aromatic heterocycles. The molecule has 1 heterocycles. The molecule has 0 fully saturated rings. The van der Waals surface area contributed by atoms with E-state index in [0.717, 1.165) is 23.4 Å². The molecule has 1 aliphatic heterocycles. The molecule has 0 radical (unpaired) electrons. The van der Waals surface area contributed by atoms with Crippen LogP contribution in [0.15, 0.2) is 47.4 Å². The van der Waals surface area contributed by atoms with Gasteiger partial charge in [0.05, 0.1) is 10.5 Å². The smallest absolute Gasteiger partial charge is 0.374 e. The maximum absolute atomic E-state index is 13.2. The lowest BCUT2D eigenvalue weighted by molar-refractivity contribution is -0.139. The van der Waals surface area contributed by atoms with Crippen LogP contribution in [0.1, 0.15) is 18.1 Å². The van der Waals surface area contributed by atoms with Crippen molar-refractivity contribution in [3.63, 3.8) is 0 Å². The average Bonchev–Trinajstić information content (AvgIpc) is 3.03. The topological polar surface area (TPSA) is 92.5 Å². The number of nitrogens with zero attached hydrogens (tertiary/aromatic N) is 1. The number of benzene rings is 2. The molecule has 2 aromatic rings. The van der Waals surface area contributed by atoms with Crippen molar-refractivity contribution in [3.05, 3.63) is 53.6 Å². The van der Waals surface area contributed by atoms with Gasteiger partial charge in [-0.15, -0.1) is 0 Å². The average molecular weight is 413 g/mol. The van der Waals surface area contributed by atoms with Crippen LogP contribution in [0.25, 0.3) is 0 Å². The Bertz CT molecular complexity index is 1020. The highest BCUT2D eigenvalue weighted by molar-refractivity contribution is 7.89. The molecule has 0 saturated carbocycles. The van der Waals surface area contributed by atoms with Gasteiger partial charge in [-0.2, -0.15) is 13.2 Å². The van der Waals surface area contributed by atoms with Crippen molar-refractivity contribution >= 4 is 27.3 Å². The van der Waals surface area contributed by atoms with Gasteiger partial charge in [0.2, 0.25) is 15.9 Å². The summed E-state index contributed by atoms with van der Waals surface area (Å²) in [6.45, 7) is 2.02. The molecule has 1 unspecified atom stereocenters. The number of alkyl halides is 3. The van der Waals surface area contributed by atoms with E-state index in [-0.39, 0.29) is 11.6 Å². The SMILES string of the molecule is CC(Nc1ccc(S(N)(=O)=O)c(C(F)(F)F)c1)C(=O)N1CCc2ccccc21. The van der Waals surface area contributed by atoms with Crippen molar-refractivity contribution < 1.29 is 26.4 Å². The largest absolute Gasteiger partial charge is 0.417 e. The van der Waals surface area contributed by atoms with Gasteiger partial charge < -0.3 is 10.2 Å². The first-order chi connectivity index (χ1) is 13.0. The van der Waals surface area contributed by atoms with Gasteiger partial charge in [0.1, 0.15) is 6.04 Å². The monoisotopic (exact) mass is 413 g/mol. The van der Waals surface area contributed by atoms with Crippen LogP contribution in [0, 0.1) is 0 Å². The number of primary sulfonamides is 1. The van der Waals surface area contributed by atoms with Crippen LogP contribution in [-0.4, -0.2) is 26.9 Å². The second kappa shape index (κ2) is 7.10. The van der Waals surface area contributed by atoms with Crippen molar-refractivity contribution in [2.24, 2.45) is 5.14 Å². The molecular formula is C18H18F3N3O3S. The molecule has 2 aromatic carbocycles. The Hall–Kier alpha value is -2.59. The third kappa shape index (κ3) is 3.97. The van der Waals surface area contributed by atoms with E-state index < -0.39 is 32.7 Å². The minimum absolute atomic E-state index is 0.0342. The van der Waals surface area contributed by atoms with Crippen molar-refractivity contribution in [2.45, 2.75) is 30.5 Å². The van der Waals surface area contributed by atoms with Gasteiger partial charge in [0.15, 0.2) is 0 Å². The Kier molecular flexibility index (Phi) is 5.11. The summed E-state index contributed by atoms with van der Waals surface area (Å²) in [4.78, 5) is 13.3. The quantitative estimate of drug-likeness (QED) is 0.806. The molecule has 0 bridgehead atoms. The summed E-state index contributed by atoms with van der Waals surface area (Å²) in [6.07, 6.45) is -4.21. The zero-order valence-corrected chi connectivity index (χ0v) is 15.6. The second-order valence-electron chi connectivity index (χ2n) is 6.49. The standard InChI is InChI=1S/C18H18F3N3O3S/c1-11(17(25)24-9-8-12-4-2-3-5-15(12)24)23-13-6-7-16(28(22,26)27)14(10-13)18(19,20)21/h2-7,10-11,23H,8-9H2,1H3,(H2,22,26,27). The van der Waals surface area contributed by atoms with E-state index in [2.05, 4.69) is 5.32 Å². The maximum atomic E-state index is 13.2. The zero-order chi connectivity index (χ0) is 20.7. The van der Waals surface area contributed by atoms with Crippen LogP contribution in [-0.2, 0) is 27.4 Å². The van der Waals surface area contributed by atoms with E-state index in [9.17, 15) is 26.4 Å². The van der Waals surface area contributed by atoms with Gasteiger partial charge in [-0.1, -0.05) is 18.2 Å². The molecule has 1 atom stereocenters. The predicted molar refractivity (Wildman–Crippen MR) is 98.4 cm³/mol. The molecule has 0 aliphatic carbocycles. The van der Waals surface area contributed by atoms with E-state index in [1.54, 1.807) is 4.90 Å². The number of anilines is 2. The normalized spacial score (nSPS) is 15.2. The minimum Gasteiger partial charge on any atom is -0.374 e. The number of para-hydroxylation sites is 1. The number of hydrogen-bond acceptors (Lipinski definition) is 4.